The molecule has 1 aromatic carbocycles. The van der Waals surface area contributed by atoms with Crippen molar-refractivity contribution in [1.82, 2.24) is 15.6 Å². The largest absolute Gasteiger partial charge is 0.348 e. The van der Waals surface area contributed by atoms with Gasteiger partial charge in [0.1, 0.15) is 11.6 Å². The molecule has 5 nitrogen and oxygen atoms in total. The van der Waals surface area contributed by atoms with Crippen molar-refractivity contribution in [2.75, 3.05) is 6.54 Å². The van der Waals surface area contributed by atoms with Crippen LogP contribution in [0.3, 0.4) is 0 Å². The molecule has 2 rings (SSSR count). The molecule has 1 atom stereocenters. The Hall–Kier alpha value is -2.83. The summed E-state index contributed by atoms with van der Waals surface area (Å²) in [6.45, 7) is 1.47. The molecule has 120 valence electrons. The van der Waals surface area contributed by atoms with Crippen LogP contribution >= 0.6 is 0 Å². The number of benzene rings is 1. The molecule has 0 fully saturated rings. The molecule has 0 saturated heterocycles. The molecule has 2 aromatic rings. The number of hydrogen-bond acceptors (Lipinski definition) is 3. The van der Waals surface area contributed by atoms with Gasteiger partial charge < -0.3 is 10.6 Å². The average molecular weight is 319 g/mol. The molecular weight excluding hydrogens is 304 g/mol. The summed E-state index contributed by atoms with van der Waals surface area (Å²) in [5.41, 5.74) is 0.547. The smallest absolute Gasteiger partial charge is 0.254 e. The molecule has 1 aromatic heterocycles. The quantitative estimate of drug-likeness (QED) is 0.885. The van der Waals surface area contributed by atoms with E-state index in [1.165, 1.54) is 0 Å². The maximum absolute atomic E-state index is 13.4. The van der Waals surface area contributed by atoms with E-state index in [1.54, 1.807) is 31.5 Å². The van der Waals surface area contributed by atoms with E-state index < -0.39 is 23.4 Å². The van der Waals surface area contributed by atoms with Crippen LogP contribution < -0.4 is 10.6 Å². The molecule has 0 spiro atoms. The van der Waals surface area contributed by atoms with E-state index in [1.807, 2.05) is 0 Å². The van der Waals surface area contributed by atoms with Gasteiger partial charge in [-0.1, -0.05) is 0 Å². The number of amides is 2. The Bertz CT molecular complexity index is 708. The summed E-state index contributed by atoms with van der Waals surface area (Å²) < 4.78 is 26.2. The molecule has 2 N–H and O–H groups in total. The molecule has 1 unspecified atom stereocenters. The van der Waals surface area contributed by atoms with Gasteiger partial charge in [0.2, 0.25) is 5.91 Å². The second-order valence-electron chi connectivity index (χ2n) is 4.88. The summed E-state index contributed by atoms with van der Waals surface area (Å²) in [6, 6.07) is 5.88. The van der Waals surface area contributed by atoms with Crippen LogP contribution in [-0.4, -0.2) is 23.3 Å². The van der Waals surface area contributed by atoms with E-state index in [4.69, 9.17) is 0 Å². The lowest BCUT2D eigenvalue weighted by atomic mass is 10.1. The number of aromatic nitrogens is 1. The van der Waals surface area contributed by atoms with Crippen LogP contribution in [-0.2, 0) is 4.79 Å². The SMILES string of the molecule is CC(NC(=O)CNC(=O)c1ccc(F)cc1F)c1ccncc1. The lowest BCUT2D eigenvalue weighted by molar-refractivity contribution is -0.120. The Morgan fingerprint density at radius 1 is 1.17 bits per heavy atom. The summed E-state index contributed by atoms with van der Waals surface area (Å²) in [4.78, 5) is 27.5. The highest BCUT2D eigenvalue weighted by atomic mass is 19.1. The first-order chi connectivity index (χ1) is 11.0. The maximum atomic E-state index is 13.4. The monoisotopic (exact) mass is 319 g/mol. The van der Waals surface area contributed by atoms with Crippen molar-refractivity contribution in [2.45, 2.75) is 13.0 Å². The van der Waals surface area contributed by atoms with Crippen LogP contribution in [0.4, 0.5) is 8.78 Å². The van der Waals surface area contributed by atoms with E-state index in [0.717, 1.165) is 17.7 Å². The fourth-order valence-electron chi connectivity index (χ4n) is 1.96. The van der Waals surface area contributed by atoms with Crippen molar-refractivity contribution in [3.05, 3.63) is 65.5 Å². The Morgan fingerprint density at radius 2 is 1.87 bits per heavy atom. The number of carbonyl (C=O) groups excluding carboxylic acids is 2. The molecule has 23 heavy (non-hydrogen) atoms. The van der Waals surface area contributed by atoms with Gasteiger partial charge in [-0.3, -0.25) is 14.6 Å². The minimum atomic E-state index is -0.979. The zero-order chi connectivity index (χ0) is 16.8. The third kappa shape index (κ3) is 4.57. The van der Waals surface area contributed by atoms with Crippen LogP contribution in [0.1, 0.15) is 28.9 Å². The number of rotatable bonds is 5. The third-order valence-electron chi connectivity index (χ3n) is 3.17. The molecule has 0 radical (unpaired) electrons. The van der Waals surface area contributed by atoms with Crippen molar-refractivity contribution >= 4 is 11.8 Å². The van der Waals surface area contributed by atoms with Gasteiger partial charge in [0.25, 0.3) is 5.91 Å². The molecule has 0 saturated carbocycles. The van der Waals surface area contributed by atoms with E-state index in [2.05, 4.69) is 15.6 Å². The van der Waals surface area contributed by atoms with Crippen LogP contribution in [0.15, 0.2) is 42.7 Å². The van der Waals surface area contributed by atoms with Crippen molar-refractivity contribution < 1.29 is 18.4 Å². The van der Waals surface area contributed by atoms with Gasteiger partial charge >= 0.3 is 0 Å². The third-order valence-corrected chi connectivity index (χ3v) is 3.17. The molecular formula is C16H15F2N3O2. The summed E-state index contributed by atoms with van der Waals surface area (Å²) in [6.07, 6.45) is 3.22. The zero-order valence-corrected chi connectivity index (χ0v) is 12.3. The van der Waals surface area contributed by atoms with E-state index >= 15 is 0 Å². The van der Waals surface area contributed by atoms with Gasteiger partial charge in [-0.15, -0.1) is 0 Å². The highest BCUT2D eigenvalue weighted by Crippen LogP contribution is 2.10. The summed E-state index contributed by atoms with van der Waals surface area (Å²) in [5, 5.41) is 4.98. The summed E-state index contributed by atoms with van der Waals surface area (Å²) >= 11 is 0. The van der Waals surface area contributed by atoms with Crippen LogP contribution in [0.5, 0.6) is 0 Å². The Morgan fingerprint density at radius 3 is 2.52 bits per heavy atom. The summed E-state index contributed by atoms with van der Waals surface area (Å²) in [7, 11) is 0. The van der Waals surface area contributed by atoms with E-state index in [-0.39, 0.29) is 18.2 Å². The topological polar surface area (TPSA) is 71.1 Å². The molecule has 7 heteroatoms. The van der Waals surface area contributed by atoms with Gasteiger partial charge in [-0.05, 0) is 36.8 Å². The molecule has 0 aliphatic carbocycles. The average Bonchev–Trinajstić information content (AvgIpc) is 2.53. The van der Waals surface area contributed by atoms with Crippen molar-refractivity contribution in [2.24, 2.45) is 0 Å². The van der Waals surface area contributed by atoms with Gasteiger partial charge in [0.05, 0.1) is 18.2 Å². The number of pyridine rings is 1. The van der Waals surface area contributed by atoms with Gasteiger partial charge in [-0.2, -0.15) is 0 Å². The first kappa shape index (κ1) is 16.5. The molecule has 0 aliphatic heterocycles. The number of hydrogen-bond donors (Lipinski definition) is 2. The first-order valence-electron chi connectivity index (χ1n) is 6.90. The lowest BCUT2D eigenvalue weighted by Crippen LogP contribution is -2.38. The van der Waals surface area contributed by atoms with Crippen LogP contribution in [0, 0.1) is 11.6 Å². The number of carbonyl (C=O) groups is 2. The van der Waals surface area contributed by atoms with Crippen molar-refractivity contribution in [3.63, 3.8) is 0 Å². The predicted molar refractivity (Wildman–Crippen MR) is 79.5 cm³/mol. The minimum Gasteiger partial charge on any atom is -0.348 e. The van der Waals surface area contributed by atoms with Gasteiger partial charge in [0, 0.05) is 18.5 Å². The van der Waals surface area contributed by atoms with Crippen LogP contribution in [0.25, 0.3) is 0 Å². The highest BCUT2D eigenvalue weighted by molar-refractivity contribution is 5.96. The Balaban J connectivity index is 1.88. The molecule has 2 amide bonds. The van der Waals surface area contributed by atoms with Crippen molar-refractivity contribution in [1.29, 1.82) is 0 Å². The lowest BCUT2D eigenvalue weighted by Gasteiger charge is -2.14. The minimum absolute atomic E-state index is 0.259. The molecule has 0 bridgehead atoms. The maximum Gasteiger partial charge on any atom is 0.254 e. The second kappa shape index (κ2) is 7.44. The van der Waals surface area contributed by atoms with Gasteiger partial charge in [0.15, 0.2) is 0 Å². The fourth-order valence-corrected chi connectivity index (χ4v) is 1.96. The van der Waals surface area contributed by atoms with Crippen LogP contribution in [0.2, 0.25) is 0 Å². The highest BCUT2D eigenvalue weighted by Gasteiger charge is 2.14. The summed E-state index contributed by atoms with van der Waals surface area (Å²) in [5.74, 6) is -2.96. The number of halogens is 2. The fraction of sp³-hybridized carbons (Fsp3) is 0.188. The standard InChI is InChI=1S/C16H15F2N3O2/c1-10(11-4-6-19-7-5-11)21-15(22)9-20-16(23)13-3-2-12(17)8-14(13)18/h2-8,10H,9H2,1H3,(H,20,23)(H,21,22). The van der Waals surface area contributed by atoms with E-state index in [0.29, 0.717) is 6.07 Å². The second-order valence-corrected chi connectivity index (χ2v) is 4.88. The zero-order valence-electron chi connectivity index (χ0n) is 12.3. The van der Waals surface area contributed by atoms with Gasteiger partial charge in [-0.25, -0.2) is 8.78 Å². The first-order valence-corrected chi connectivity index (χ1v) is 6.90. The molecule has 0 aliphatic rings. The van der Waals surface area contributed by atoms with Crippen molar-refractivity contribution in [3.8, 4) is 0 Å². The number of nitrogens with one attached hydrogen (secondary N) is 2. The predicted octanol–water partition coefficient (Wildman–Crippen LogP) is 1.97. The normalized spacial score (nSPS) is 11.6. The number of nitrogens with zero attached hydrogens (tertiary/aromatic N) is 1. The van der Waals surface area contributed by atoms with E-state index in [9.17, 15) is 18.4 Å². The molecule has 1 heterocycles. The Kier molecular flexibility index (Phi) is 5.35. The Labute approximate surface area is 131 Å².